The third-order valence-electron chi connectivity index (χ3n) is 9.35. The Bertz CT molecular complexity index is 974. The van der Waals surface area contributed by atoms with Crippen LogP contribution in [0, 0.1) is 11.3 Å². The van der Waals surface area contributed by atoms with Crippen LogP contribution in [0.5, 0.6) is 0 Å². The van der Waals surface area contributed by atoms with Crippen molar-refractivity contribution >= 4 is 17.5 Å². The molecule has 3 N–H and O–H groups in total. The molecule has 2 saturated carbocycles. The number of aromatic nitrogens is 3. The molecule has 1 amide bonds. The molecule has 0 radical (unpaired) electrons. The number of nitrogens with two attached hydrogens (primary N) is 1. The summed E-state index contributed by atoms with van der Waals surface area (Å²) in [5.41, 5.74) is 7.49. The monoisotopic (exact) mass is 526 g/mol. The molecule has 1 saturated heterocycles. The Morgan fingerprint density at radius 1 is 1.05 bits per heavy atom. The second kappa shape index (κ2) is 12.3. The van der Waals surface area contributed by atoms with Crippen molar-refractivity contribution in [3.05, 3.63) is 47.5 Å². The zero-order valence-electron chi connectivity index (χ0n) is 22.0. The number of hydrogen-bond acceptors (Lipinski definition) is 5. The zero-order valence-corrected chi connectivity index (χ0v) is 22.8. The summed E-state index contributed by atoms with van der Waals surface area (Å²) in [6, 6.07) is 8.34. The Morgan fingerprint density at radius 2 is 1.76 bits per heavy atom. The average molecular weight is 527 g/mol. The quantitative estimate of drug-likeness (QED) is 0.525. The van der Waals surface area contributed by atoms with Crippen molar-refractivity contribution in [1.29, 1.82) is 0 Å². The summed E-state index contributed by atoms with van der Waals surface area (Å²) in [4.78, 5) is 20.3. The van der Waals surface area contributed by atoms with Gasteiger partial charge < -0.3 is 16.0 Å². The number of nitrogens with zero attached hydrogens (tertiary/aromatic N) is 4. The standard InChI is InChI=1S/C29H43ClN6O/c30-24-8-6-22(7-9-24)18-27(34-26-12-10-25(31)11-13-26)28(37)35-16-14-29(15-17-35,19-36-21-32-20-33-36)23-4-2-1-3-5-23/h6-9,20-21,23,25-27,34H,1-5,10-19,31H2/t25?,26?,27-/m1/s1. The Labute approximate surface area is 226 Å². The molecule has 1 aromatic heterocycles. The lowest BCUT2D eigenvalue weighted by Gasteiger charge is -2.48. The maximum absolute atomic E-state index is 14.0. The van der Waals surface area contributed by atoms with E-state index < -0.39 is 0 Å². The highest BCUT2D eigenvalue weighted by Crippen LogP contribution is 2.47. The van der Waals surface area contributed by atoms with Crippen molar-refractivity contribution in [2.24, 2.45) is 17.1 Å². The van der Waals surface area contributed by atoms with Crippen LogP contribution < -0.4 is 11.1 Å². The van der Waals surface area contributed by atoms with E-state index in [4.69, 9.17) is 17.3 Å². The second-order valence-electron chi connectivity index (χ2n) is 11.8. The van der Waals surface area contributed by atoms with Gasteiger partial charge in [0.2, 0.25) is 5.91 Å². The fourth-order valence-electron chi connectivity index (χ4n) is 7.08. The minimum absolute atomic E-state index is 0.198. The molecule has 5 rings (SSSR count). The lowest BCUT2D eigenvalue weighted by atomic mass is 9.63. The van der Waals surface area contributed by atoms with E-state index in [0.717, 1.165) is 68.7 Å². The van der Waals surface area contributed by atoms with Gasteiger partial charge in [-0.25, -0.2) is 4.98 Å². The van der Waals surface area contributed by atoms with Crippen LogP contribution in [0.3, 0.4) is 0 Å². The summed E-state index contributed by atoms with van der Waals surface area (Å²) in [5, 5.41) is 8.93. The van der Waals surface area contributed by atoms with Crippen LogP contribution in [0.1, 0.15) is 76.2 Å². The van der Waals surface area contributed by atoms with Crippen molar-refractivity contribution in [2.75, 3.05) is 13.1 Å². The van der Waals surface area contributed by atoms with Crippen LogP contribution in [0.15, 0.2) is 36.9 Å². The number of halogens is 1. The molecule has 0 unspecified atom stereocenters. The lowest BCUT2D eigenvalue weighted by Crippen LogP contribution is -2.55. The normalized spacial score (nSPS) is 25.6. The number of hydrogen-bond donors (Lipinski definition) is 2. The van der Waals surface area contributed by atoms with E-state index in [0.29, 0.717) is 24.4 Å². The van der Waals surface area contributed by atoms with Gasteiger partial charge in [0.1, 0.15) is 12.7 Å². The summed E-state index contributed by atoms with van der Waals surface area (Å²) in [6.45, 7) is 2.55. The van der Waals surface area contributed by atoms with Crippen molar-refractivity contribution in [2.45, 2.75) is 102 Å². The van der Waals surface area contributed by atoms with E-state index in [2.05, 4.69) is 20.3 Å². The molecule has 1 aliphatic heterocycles. The van der Waals surface area contributed by atoms with Gasteiger partial charge in [0.15, 0.2) is 0 Å². The summed E-state index contributed by atoms with van der Waals surface area (Å²) >= 11 is 6.13. The average Bonchev–Trinajstić information content (AvgIpc) is 3.44. The zero-order chi connectivity index (χ0) is 25.7. The summed E-state index contributed by atoms with van der Waals surface area (Å²) in [6.07, 6.45) is 17.0. The van der Waals surface area contributed by atoms with E-state index in [9.17, 15) is 4.79 Å². The molecular formula is C29H43ClN6O. The third kappa shape index (κ3) is 6.73. The molecule has 0 spiro atoms. The van der Waals surface area contributed by atoms with Gasteiger partial charge in [0.25, 0.3) is 0 Å². The molecular weight excluding hydrogens is 484 g/mol. The van der Waals surface area contributed by atoms with Gasteiger partial charge in [0, 0.05) is 36.7 Å². The first-order valence-electron chi connectivity index (χ1n) is 14.4. The molecule has 7 nitrogen and oxygen atoms in total. The van der Waals surface area contributed by atoms with E-state index in [1.165, 1.54) is 32.1 Å². The first-order valence-corrected chi connectivity index (χ1v) is 14.8. The molecule has 1 atom stereocenters. The maximum Gasteiger partial charge on any atom is 0.240 e. The van der Waals surface area contributed by atoms with Gasteiger partial charge in [0.05, 0.1) is 6.04 Å². The number of likely N-dealkylation sites (tertiary alicyclic amines) is 1. The molecule has 202 valence electrons. The van der Waals surface area contributed by atoms with Gasteiger partial charge in [-0.05, 0) is 86.8 Å². The first-order chi connectivity index (χ1) is 18.0. The van der Waals surface area contributed by atoms with E-state index in [1.807, 2.05) is 35.3 Å². The third-order valence-corrected chi connectivity index (χ3v) is 9.60. The van der Waals surface area contributed by atoms with Crippen LogP contribution in [-0.4, -0.2) is 56.8 Å². The number of benzene rings is 1. The molecule has 2 aromatic rings. The van der Waals surface area contributed by atoms with Gasteiger partial charge in [-0.3, -0.25) is 9.48 Å². The van der Waals surface area contributed by atoms with Crippen LogP contribution in [0.2, 0.25) is 5.02 Å². The lowest BCUT2D eigenvalue weighted by molar-refractivity contribution is -0.137. The molecule has 2 aliphatic carbocycles. The molecule has 3 aliphatic rings. The van der Waals surface area contributed by atoms with Crippen molar-refractivity contribution < 1.29 is 4.79 Å². The van der Waals surface area contributed by atoms with Crippen molar-refractivity contribution in [3.8, 4) is 0 Å². The Hall–Kier alpha value is -1.96. The fourth-order valence-corrected chi connectivity index (χ4v) is 7.21. The molecule has 0 bridgehead atoms. The fraction of sp³-hybridized carbons (Fsp3) is 0.690. The number of nitrogens with one attached hydrogen (secondary N) is 1. The number of carbonyl (C=O) groups is 1. The topological polar surface area (TPSA) is 89.1 Å². The largest absolute Gasteiger partial charge is 0.341 e. The minimum atomic E-state index is -0.224. The van der Waals surface area contributed by atoms with Crippen molar-refractivity contribution in [1.82, 2.24) is 25.0 Å². The van der Waals surface area contributed by atoms with Gasteiger partial charge in [-0.1, -0.05) is 43.0 Å². The number of carbonyl (C=O) groups excluding carboxylic acids is 1. The highest BCUT2D eigenvalue weighted by atomic mass is 35.5. The molecule has 3 fully saturated rings. The second-order valence-corrected chi connectivity index (χ2v) is 12.2. The SMILES string of the molecule is NC1CCC(N[C@H](Cc2ccc(Cl)cc2)C(=O)N2CCC(Cn3cncn3)(C3CCCCC3)CC2)CC1. The van der Waals surface area contributed by atoms with Gasteiger partial charge in [-0.15, -0.1) is 0 Å². The Kier molecular flexibility index (Phi) is 8.83. The molecule has 2 heterocycles. The molecule has 37 heavy (non-hydrogen) atoms. The summed E-state index contributed by atoms with van der Waals surface area (Å²) in [5.74, 6) is 0.944. The highest BCUT2D eigenvalue weighted by Gasteiger charge is 2.43. The predicted octanol–water partition coefficient (Wildman–Crippen LogP) is 4.59. The maximum atomic E-state index is 14.0. The summed E-state index contributed by atoms with van der Waals surface area (Å²) in [7, 11) is 0. The van der Waals surface area contributed by atoms with Crippen LogP contribution in [0.4, 0.5) is 0 Å². The predicted molar refractivity (Wildman–Crippen MR) is 147 cm³/mol. The van der Waals surface area contributed by atoms with Crippen molar-refractivity contribution in [3.63, 3.8) is 0 Å². The van der Waals surface area contributed by atoms with Gasteiger partial charge in [-0.2, -0.15) is 5.10 Å². The van der Waals surface area contributed by atoms with Crippen LogP contribution in [0.25, 0.3) is 0 Å². The number of rotatable bonds is 8. The first kappa shape index (κ1) is 26.6. The van der Waals surface area contributed by atoms with Crippen LogP contribution in [-0.2, 0) is 17.8 Å². The van der Waals surface area contributed by atoms with E-state index in [-0.39, 0.29) is 17.4 Å². The molecule has 8 heteroatoms. The number of piperidine rings is 1. The number of amides is 1. The Morgan fingerprint density at radius 3 is 2.41 bits per heavy atom. The summed E-state index contributed by atoms with van der Waals surface area (Å²) < 4.78 is 2.02. The minimum Gasteiger partial charge on any atom is -0.341 e. The van der Waals surface area contributed by atoms with E-state index >= 15 is 0 Å². The smallest absolute Gasteiger partial charge is 0.240 e. The highest BCUT2D eigenvalue weighted by molar-refractivity contribution is 6.30. The van der Waals surface area contributed by atoms with Crippen LogP contribution >= 0.6 is 11.6 Å². The molecule has 1 aromatic carbocycles. The van der Waals surface area contributed by atoms with E-state index in [1.54, 1.807) is 6.33 Å². The van der Waals surface area contributed by atoms with Gasteiger partial charge >= 0.3 is 0 Å². The Balaban J connectivity index is 1.28.